The number of hydrogen-bond donors (Lipinski definition) is 2. The molecule has 36 heavy (non-hydrogen) atoms. The van der Waals surface area contributed by atoms with E-state index in [2.05, 4.69) is 10.6 Å². The second-order valence-electron chi connectivity index (χ2n) is 8.51. The molecule has 3 aromatic rings. The molecular weight excluding hydrogens is 476 g/mol. The average molecular weight is 505 g/mol. The molecule has 186 valence electrons. The first-order valence-electron chi connectivity index (χ1n) is 12.1. The Balaban J connectivity index is 1.36. The summed E-state index contributed by atoms with van der Waals surface area (Å²) in [5.41, 5.74) is 2.50. The van der Waals surface area contributed by atoms with Gasteiger partial charge >= 0.3 is 0 Å². The molecule has 0 atom stereocenters. The van der Waals surface area contributed by atoms with Crippen LogP contribution in [0.15, 0.2) is 78.5 Å². The molecule has 2 amide bonds. The van der Waals surface area contributed by atoms with Crippen molar-refractivity contribution in [2.24, 2.45) is 0 Å². The van der Waals surface area contributed by atoms with Crippen LogP contribution >= 0.6 is 11.6 Å². The first-order chi connectivity index (χ1) is 17.5. The molecule has 1 fully saturated rings. The third-order valence-electron chi connectivity index (χ3n) is 5.54. The fourth-order valence-electron chi connectivity index (χ4n) is 3.44. The summed E-state index contributed by atoms with van der Waals surface area (Å²) < 4.78 is 11.6. The fraction of sp³-hybridized carbons (Fsp3) is 0.241. The number of hydrogen-bond acceptors (Lipinski definition) is 4. The van der Waals surface area contributed by atoms with Crippen molar-refractivity contribution in [2.45, 2.75) is 32.3 Å². The van der Waals surface area contributed by atoms with Crippen LogP contribution in [0.2, 0.25) is 5.02 Å². The molecule has 2 N–H and O–H groups in total. The number of nitrogens with one attached hydrogen (secondary N) is 2. The van der Waals surface area contributed by atoms with Crippen LogP contribution in [0.3, 0.4) is 0 Å². The smallest absolute Gasteiger partial charge is 0.267 e. The summed E-state index contributed by atoms with van der Waals surface area (Å²) in [5, 5.41) is 6.19. The van der Waals surface area contributed by atoms with Crippen molar-refractivity contribution in [3.63, 3.8) is 0 Å². The third-order valence-corrected chi connectivity index (χ3v) is 5.79. The molecule has 1 saturated carbocycles. The van der Waals surface area contributed by atoms with E-state index in [0.717, 1.165) is 36.1 Å². The Kier molecular flexibility index (Phi) is 8.63. The van der Waals surface area contributed by atoms with E-state index in [1.807, 2.05) is 55.5 Å². The molecule has 7 heteroatoms. The van der Waals surface area contributed by atoms with Crippen molar-refractivity contribution in [1.82, 2.24) is 10.6 Å². The zero-order valence-electron chi connectivity index (χ0n) is 20.1. The highest BCUT2D eigenvalue weighted by atomic mass is 35.5. The fourth-order valence-corrected chi connectivity index (χ4v) is 3.56. The summed E-state index contributed by atoms with van der Waals surface area (Å²) in [6, 6.07) is 21.9. The average Bonchev–Trinajstić information content (AvgIpc) is 3.70. The van der Waals surface area contributed by atoms with Crippen LogP contribution in [0.4, 0.5) is 0 Å². The van der Waals surface area contributed by atoms with Crippen molar-refractivity contribution in [2.75, 3.05) is 13.2 Å². The Labute approximate surface area is 216 Å². The number of carbonyl (C=O) groups is 2. The van der Waals surface area contributed by atoms with Crippen LogP contribution in [0.5, 0.6) is 11.5 Å². The minimum Gasteiger partial charge on any atom is -0.493 e. The van der Waals surface area contributed by atoms with Gasteiger partial charge in [0.05, 0.1) is 12.7 Å². The number of benzene rings is 3. The predicted molar refractivity (Wildman–Crippen MR) is 141 cm³/mol. The monoisotopic (exact) mass is 504 g/mol. The van der Waals surface area contributed by atoms with Crippen LogP contribution in [0.1, 0.15) is 41.3 Å². The van der Waals surface area contributed by atoms with Crippen molar-refractivity contribution in [3.05, 3.63) is 100 Å². The number of carbonyl (C=O) groups excluding carboxylic acids is 2. The lowest BCUT2D eigenvalue weighted by Gasteiger charge is -2.11. The molecule has 0 aliphatic heterocycles. The Morgan fingerprint density at radius 2 is 1.61 bits per heavy atom. The molecule has 0 aromatic heterocycles. The van der Waals surface area contributed by atoms with Crippen molar-refractivity contribution in [3.8, 4) is 11.5 Å². The SMILES string of the molecule is CCNC(=O)C(=Cc1ccc(OC2CC2)cc1)NC(=O)c1ccc(OCCc2ccc(Cl)cc2)cc1. The number of rotatable bonds is 11. The van der Waals surface area contributed by atoms with Gasteiger partial charge in [-0.05, 0) is 85.5 Å². The molecule has 0 bridgehead atoms. The quantitative estimate of drug-likeness (QED) is 0.342. The molecule has 0 saturated heterocycles. The Hall–Kier alpha value is -3.77. The second kappa shape index (κ2) is 12.3. The van der Waals surface area contributed by atoms with E-state index in [1.165, 1.54) is 0 Å². The van der Waals surface area contributed by atoms with Crippen molar-refractivity contribution >= 4 is 29.5 Å². The Bertz CT molecular complexity index is 1200. The molecule has 0 spiro atoms. The van der Waals surface area contributed by atoms with Crippen LogP contribution in [-0.2, 0) is 11.2 Å². The molecule has 0 radical (unpaired) electrons. The Morgan fingerprint density at radius 1 is 0.944 bits per heavy atom. The Morgan fingerprint density at radius 3 is 2.25 bits per heavy atom. The van der Waals surface area contributed by atoms with Gasteiger partial charge in [-0.1, -0.05) is 35.9 Å². The molecule has 0 heterocycles. The molecule has 3 aromatic carbocycles. The summed E-state index contributed by atoms with van der Waals surface area (Å²) in [5.74, 6) is 0.724. The van der Waals surface area contributed by atoms with E-state index in [9.17, 15) is 9.59 Å². The van der Waals surface area contributed by atoms with Gasteiger partial charge in [-0.3, -0.25) is 9.59 Å². The van der Waals surface area contributed by atoms with Crippen LogP contribution in [-0.4, -0.2) is 31.1 Å². The van der Waals surface area contributed by atoms with E-state index in [1.54, 1.807) is 30.3 Å². The number of amides is 2. The van der Waals surface area contributed by atoms with Gasteiger partial charge in [-0.15, -0.1) is 0 Å². The molecule has 0 unspecified atom stereocenters. The maximum atomic E-state index is 12.9. The van der Waals surface area contributed by atoms with E-state index in [0.29, 0.717) is 35.6 Å². The van der Waals surface area contributed by atoms with Crippen molar-refractivity contribution < 1.29 is 19.1 Å². The lowest BCUT2D eigenvalue weighted by molar-refractivity contribution is -0.117. The van der Waals surface area contributed by atoms with E-state index >= 15 is 0 Å². The first-order valence-corrected chi connectivity index (χ1v) is 12.4. The highest BCUT2D eigenvalue weighted by molar-refractivity contribution is 6.30. The van der Waals surface area contributed by atoms with Gasteiger partial charge in [0.25, 0.3) is 11.8 Å². The lowest BCUT2D eigenvalue weighted by atomic mass is 10.1. The van der Waals surface area contributed by atoms with Gasteiger partial charge in [0.1, 0.15) is 17.2 Å². The molecule has 1 aliphatic rings. The zero-order valence-corrected chi connectivity index (χ0v) is 20.9. The minimum absolute atomic E-state index is 0.168. The highest BCUT2D eigenvalue weighted by Crippen LogP contribution is 2.27. The largest absolute Gasteiger partial charge is 0.493 e. The molecular formula is C29H29ClN2O4. The van der Waals surface area contributed by atoms with Crippen LogP contribution in [0.25, 0.3) is 6.08 Å². The van der Waals surface area contributed by atoms with E-state index in [4.69, 9.17) is 21.1 Å². The molecule has 1 aliphatic carbocycles. The molecule has 4 rings (SSSR count). The van der Waals surface area contributed by atoms with Gasteiger partial charge in [0.2, 0.25) is 0 Å². The minimum atomic E-state index is -0.381. The normalized spacial score (nSPS) is 13.1. The van der Waals surface area contributed by atoms with Crippen LogP contribution < -0.4 is 20.1 Å². The maximum absolute atomic E-state index is 12.9. The summed E-state index contributed by atoms with van der Waals surface area (Å²) in [4.78, 5) is 25.5. The number of ether oxygens (including phenoxy) is 2. The molecule has 6 nitrogen and oxygen atoms in total. The van der Waals surface area contributed by atoms with E-state index in [-0.39, 0.29) is 17.5 Å². The maximum Gasteiger partial charge on any atom is 0.267 e. The summed E-state index contributed by atoms with van der Waals surface area (Å²) in [6.45, 7) is 2.77. The topological polar surface area (TPSA) is 76.7 Å². The lowest BCUT2D eigenvalue weighted by Crippen LogP contribution is -2.34. The van der Waals surface area contributed by atoms with Gasteiger partial charge in [-0.25, -0.2) is 0 Å². The van der Waals surface area contributed by atoms with Gasteiger partial charge < -0.3 is 20.1 Å². The van der Waals surface area contributed by atoms with Crippen molar-refractivity contribution in [1.29, 1.82) is 0 Å². The van der Waals surface area contributed by atoms with E-state index < -0.39 is 0 Å². The predicted octanol–water partition coefficient (Wildman–Crippen LogP) is 5.41. The summed E-state index contributed by atoms with van der Waals surface area (Å²) in [7, 11) is 0. The van der Waals surface area contributed by atoms with Crippen LogP contribution in [0, 0.1) is 0 Å². The standard InChI is InChI=1S/C29H29ClN2O4/c1-2-31-29(34)27(19-21-5-11-25(12-6-21)36-26-15-16-26)32-28(33)22-7-13-24(14-8-22)35-18-17-20-3-9-23(30)10-4-20/h3-14,19,26H,2,15-18H2,1H3,(H,31,34)(H,32,33). The summed E-state index contributed by atoms with van der Waals surface area (Å²) in [6.07, 6.45) is 4.89. The second-order valence-corrected chi connectivity index (χ2v) is 8.94. The summed E-state index contributed by atoms with van der Waals surface area (Å²) >= 11 is 5.92. The van der Waals surface area contributed by atoms with Gasteiger partial charge in [0.15, 0.2) is 0 Å². The van der Waals surface area contributed by atoms with Gasteiger partial charge in [0, 0.05) is 23.6 Å². The highest BCUT2D eigenvalue weighted by Gasteiger charge is 2.23. The number of halogens is 1. The van der Waals surface area contributed by atoms with Gasteiger partial charge in [-0.2, -0.15) is 0 Å². The third kappa shape index (κ3) is 7.62. The first kappa shape index (κ1) is 25.3. The number of likely N-dealkylation sites (N-methyl/N-ethyl adjacent to an activating group) is 1. The zero-order chi connectivity index (χ0) is 25.3.